The Morgan fingerprint density at radius 1 is 0.800 bits per heavy atom. The van der Waals surface area contributed by atoms with Gasteiger partial charge in [0.25, 0.3) is 0 Å². The molecule has 1 fully saturated rings. The number of piperidine rings is 1. The Balaban J connectivity index is 1.19. The zero-order valence-electron chi connectivity index (χ0n) is 17.8. The van der Waals surface area contributed by atoms with Crippen LogP contribution >= 0.6 is 0 Å². The summed E-state index contributed by atoms with van der Waals surface area (Å²) in [6, 6.07) is 14.5. The number of fused-ring (bicyclic) bond motifs is 1. The van der Waals surface area contributed by atoms with Crippen LogP contribution in [-0.4, -0.2) is 29.7 Å². The lowest BCUT2D eigenvalue weighted by Crippen LogP contribution is -2.29. The number of benzene rings is 2. The van der Waals surface area contributed by atoms with Gasteiger partial charge in [-0.3, -0.25) is 14.5 Å². The van der Waals surface area contributed by atoms with Gasteiger partial charge in [0.2, 0.25) is 5.91 Å². The third-order valence-corrected chi connectivity index (χ3v) is 6.37. The number of likely N-dealkylation sites (tertiary alicyclic amines) is 1. The average Bonchev–Trinajstić information content (AvgIpc) is 3.25. The number of carbonyl (C=O) groups excluding carboxylic acids is 2. The Morgan fingerprint density at radius 2 is 1.53 bits per heavy atom. The summed E-state index contributed by atoms with van der Waals surface area (Å²) in [4.78, 5) is 27.2. The molecule has 0 spiro atoms. The zero-order chi connectivity index (χ0) is 20.8. The number of hydrogen-bond acceptors (Lipinski definition) is 3. The molecule has 1 amide bonds. The van der Waals surface area contributed by atoms with Crippen LogP contribution in [0, 0.1) is 0 Å². The highest BCUT2D eigenvalue weighted by molar-refractivity contribution is 5.98. The monoisotopic (exact) mass is 404 g/mol. The molecule has 1 aliphatic heterocycles. The van der Waals surface area contributed by atoms with Crippen molar-refractivity contribution in [3.8, 4) is 0 Å². The lowest BCUT2D eigenvalue weighted by atomic mass is 10.0. The smallest absolute Gasteiger partial charge is 0.220 e. The van der Waals surface area contributed by atoms with Crippen LogP contribution in [0.5, 0.6) is 0 Å². The second kappa shape index (κ2) is 10.0. The summed E-state index contributed by atoms with van der Waals surface area (Å²) in [5.41, 5.74) is 5.83. The zero-order valence-corrected chi connectivity index (χ0v) is 17.8. The first-order valence-corrected chi connectivity index (χ1v) is 11.4. The number of Topliss-reactive ketones (excluding diaryl/α,β-unsaturated/α-hetero) is 1. The molecular weight excluding hydrogens is 372 g/mol. The number of nitrogens with one attached hydrogen (secondary N) is 1. The first-order valence-electron chi connectivity index (χ1n) is 11.4. The van der Waals surface area contributed by atoms with Crippen molar-refractivity contribution < 1.29 is 9.59 Å². The van der Waals surface area contributed by atoms with Gasteiger partial charge in [0, 0.05) is 31.5 Å². The van der Waals surface area contributed by atoms with Gasteiger partial charge in [-0.05, 0) is 73.5 Å². The van der Waals surface area contributed by atoms with Crippen LogP contribution in [0.15, 0.2) is 42.5 Å². The van der Waals surface area contributed by atoms with Crippen molar-refractivity contribution in [3.05, 3.63) is 70.3 Å². The molecule has 4 nitrogen and oxygen atoms in total. The molecule has 2 aromatic carbocycles. The fourth-order valence-corrected chi connectivity index (χ4v) is 4.54. The number of carbonyl (C=O) groups is 2. The van der Waals surface area contributed by atoms with E-state index in [1.807, 2.05) is 12.1 Å². The van der Waals surface area contributed by atoms with E-state index in [4.69, 9.17) is 0 Å². The molecule has 1 saturated heterocycles. The number of rotatable bonds is 8. The fraction of sp³-hybridized carbons (Fsp3) is 0.462. The van der Waals surface area contributed by atoms with E-state index in [-0.39, 0.29) is 24.5 Å². The Hall–Kier alpha value is -2.46. The molecule has 0 saturated carbocycles. The molecule has 158 valence electrons. The topological polar surface area (TPSA) is 49.4 Å². The maximum absolute atomic E-state index is 12.4. The molecule has 0 aromatic heterocycles. The number of nitrogens with zero attached hydrogens (tertiary/aromatic N) is 1. The number of aryl methyl sites for hydroxylation is 2. The van der Waals surface area contributed by atoms with Crippen molar-refractivity contribution in [3.63, 3.8) is 0 Å². The maximum Gasteiger partial charge on any atom is 0.220 e. The molecule has 1 aliphatic carbocycles. The van der Waals surface area contributed by atoms with Gasteiger partial charge >= 0.3 is 0 Å². The van der Waals surface area contributed by atoms with E-state index in [0.29, 0.717) is 6.54 Å². The average molecular weight is 405 g/mol. The van der Waals surface area contributed by atoms with E-state index < -0.39 is 0 Å². The van der Waals surface area contributed by atoms with E-state index in [2.05, 4.69) is 40.5 Å². The predicted molar refractivity (Wildman–Crippen MR) is 119 cm³/mol. The third kappa shape index (κ3) is 5.57. The number of amides is 1. The van der Waals surface area contributed by atoms with Crippen molar-refractivity contribution in [2.75, 3.05) is 13.1 Å². The molecule has 2 aliphatic rings. The SMILES string of the molecule is O=C(CCC(=O)c1ccc2c(c1)CCC2)NCc1ccc(CN2CCCCC2)cc1. The standard InChI is InChI=1S/C26H32N2O2/c29-25(24-12-11-22-5-4-6-23(22)17-24)13-14-26(30)27-18-20-7-9-21(10-8-20)19-28-15-2-1-3-16-28/h7-12,17H,1-6,13-16,18-19H2,(H,27,30). The van der Waals surface area contributed by atoms with Crippen LogP contribution in [0.3, 0.4) is 0 Å². The highest BCUT2D eigenvalue weighted by Crippen LogP contribution is 2.23. The summed E-state index contributed by atoms with van der Waals surface area (Å²) in [6.45, 7) is 3.91. The molecule has 0 atom stereocenters. The number of ketones is 1. The maximum atomic E-state index is 12.4. The van der Waals surface area contributed by atoms with E-state index in [1.165, 1.54) is 55.5 Å². The minimum absolute atomic E-state index is 0.0573. The summed E-state index contributed by atoms with van der Waals surface area (Å²) < 4.78 is 0. The quantitative estimate of drug-likeness (QED) is 0.662. The molecule has 0 unspecified atom stereocenters. The van der Waals surface area contributed by atoms with E-state index in [0.717, 1.165) is 30.5 Å². The lowest BCUT2D eigenvalue weighted by molar-refractivity contribution is -0.121. The van der Waals surface area contributed by atoms with Crippen molar-refractivity contribution >= 4 is 11.7 Å². The van der Waals surface area contributed by atoms with Gasteiger partial charge in [0.1, 0.15) is 0 Å². The minimum Gasteiger partial charge on any atom is -0.352 e. The minimum atomic E-state index is -0.0677. The fourth-order valence-electron chi connectivity index (χ4n) is 4.54. The van der Waals surface area contributed by atoms with Gasteiger partial charge in [0.05, 0.1) is 0 Å². The van der Waals surface area contributed by atoms with Gasteiger partial charge in [-0.1, -0.05) is 42.8 Å². The summed E-state index contributed by atoms with van der Waals surface area (Å²) >= 11 is 0. The van der Waals surface area contributed by atoms with Gasteiger partial charge in [-0.2, -0.15) is 0 Å². The van der Waals surface area contributed by atoms with Crippen LogP contribution in [0.2, 0.25) is 0 Å². The molecular formula is C26H32N2O2. The summed E-state index contributed by atoms with van der Waals surface area (Å²) in [6.07, 6.45) is 7.82. The number of hydrogen-bond donors (Lipinski definition) is 1. The molecule has 2 aromatic rings. The largest absolute Gasteiger partial charge is 0.352 e. The molecule has 0 bridgehead atoms. The Kier molecular flexibility index (Phi) is 6.96. The van der Waals surface area contributed by atoms with Gasteiger partial charge in [-0.25, -0.2) is 0 Å². The van der Waals surface area contributed by atoms with Crippen LogP contribution in [0.4, 0.5) is 0 Å². The van der Waals surface area contributed by atoms with E-state index in [1.54, 1.807) is 0 Å². The molecule has 0 radical (unpaired) electrons. The summed E-state index contributed by atoms with van der Waals surface area (Å²) in [7, 11) is 0. The van der Waals surface area contributed by atoms with E-state index in [9.17, 15) is 9.59 Å². The molecule has 4 heteroatoms. The molecule has 30 heavy (non-hydrogen) atoms. The van der Waals surface area contributed by atoms with Gasteiger partial charge < -0.3 is 5.32 Å². The van der Waals surface area contributed by atoms with Crippen molar-refractivity contribution in [2.24, 2.45) is 0 Å². The lowest BCUT2D eigenvalue weighted by Gasteiger charge is -2.26. The van der Waals surface area contributed by atoms with Gasteiger partial charge in [-0.15, -0.1) is 0 Å². The van der Waals surface area contributed by atoms with Crippen molar-refractivity contribution in [1.82, 2.24) is 10.2 Å². The Morgan fingerprint density at radius 3 is 2.33 bits per heavy atom. The second-order valence-corrected chi connectivity index (χ2v) is 8.69. The highest BCUT2D eigenvalue weighted by atomic mass is 16.2. The molecule has 1 heterocycles. The summed E-state index contributed by atoms with van der Waals surface area (Å²) in [5.74, 6) is -0.0104. The van der Waals surface area contributed by atoms with Crippen molar-refractivity contribution in [2.45, 2.75) is 64.5 Å². The highest BCUT2D eigenvalue weighted by Gasteiger charge is 2.15. The summed E-state index contributed by atoms with van der Waals surface area (Å²) in [5, 5.41) is 2.95. The van der Waals surface area contributed by atoms with E-state index >= 15 is 0 Å². The second-order valence-electron chi connectivity index (χ2n) is 8.69. The first kappa shape index (κ1) is 20.8. The molecule has 4 rings (SSSR count). The predicted octanol–water partition coefficient (Wildman–Crippen LogP) is 4.44. The van der Waals surface area contributed by atoms with Crippen LogP contribution < -0.4 is 5.32 Å². The van der Waals surface area contributed by atoms with Crippen LogP contribution in [0.25, 0.3) is 0 Å². The van der Waals surface area contributed by atoms with Crippen LogP contribution in [0.1, 0.15) is 71.1 Å². The third-order valence-electron chi connectivity index (χ3n) is 6.37. The first-order chi connectivity index (χ1) is 14.7. The Bertz CT molecular complexity index is 882. The molecule has 1 N–H and O–H groups in total. The van der Waals surface area contributed by atoms with Gasteiger partial charge in [0.15, 0.2) is 5.78 Å². The Labute approximate surface area is 179 Å². The van der Waals surface area contributed by atoms with Crippen molar-refractivity contribution in [1.29, 1.82) is 0 Å². The van der Waals surface area contributed by atoms with Crippen LogP contribution in [-0.2, 0) is 30.7 Å². The normalized spacial score (nSPS) is 16.3.